The molecular formula is C26H33BrN4O3. The molecule has 0 aliphatic rings. The van der Waals surface area contributed by atoms with Gasteiger partial charge in [-0.1, -0.05) is 40.9 Å². The van der Waals surface area contributed by atoms with Gasteiger partial charge < -0.3 is 15.4 Å². The first-order chi connectivity index (χ1) is 16.5. The van der Waals surface area contributed by atoms with Crippen molar-refractivity contribution < 1.29 is 9.53 Å². The summed E-state index contributed by atoms with van der Waals surface area (Å²) in [5.74, 6) is 0.479. The van der Waals surface area contributed by atoms with Crippen LogP contribution >= 0.6 is 15.9 Å². The maximum absolute atomic E-state index is 13.6. The zero-order chi connectivity index (χ0) is 24.5. The lowest BCUT2D eigenvalue weighted by atomic mass is 10.1. The smallest absolute Gasteiger partial charge is 0.261 e. The van der Waals surface area contributed by atoms with Crippen LogP contribution in [-0.4, -0.2) is 47.2 Å². The van der Waals surface area contributed by atoms with Gasteiger partial charge in [-0.25, -0.2) is 4.98 Å². The number of rotatable bonds is 12. The lowest BCUT2D eigenvalue weighted by Gasteiger charge is -2.31. The van der Waals surface area contributed by atoms with Crippen molar-refractivity contribution in [3.8, 4) is 0 Å². The summed E-state index contributed by atoms with van der Waals surface area (Å²) in [5.41, 5.74) is 6.73. The maximum atomic E-state index is 13.6. The van der Waals surface area contributed by atoms with Gasteiger partial charge in [0, 0.05) is 23.7 Å². The van der Waals surface area contributed by atoms with E-state index in [1.165, 1.54) is 0 Å². The first-order valence-corrected chi connectivity index (χ1v) is 12.5. The molecular weight excluding hydrogens is 496 g/mol. The summed E-state index contributed by atoms with van der Waals surface area (Å²) in [6.07, 6.45) is 3.83. The molecule has 182 valence electrons. The van der Waals surface area contributed by atoms with Crippen molar-refractivity contribution in [2.45, 2.75) is 45.2 Å². The monoisotopic (exact) mass is 528 g/mol. The second-order valence-electron chi connectivity index (χ2n) is 8.32. The molecule has 2 N–H and O–H groups in total. The summed E-state index contributed by atoms with van der Waals surface area (Å²) in [6.45, 7) is 3.91. The molecule has 0 spiro atoms. The van der Waals surface area contributed by atoms with Crippen LogP contribution in [0, 0.1) is 0 Å². The van der Waals surface area contributed by atoms with Gasteiger partial charge in [-0.05, 0) is 62.7 Å². The fourth-order valence-corrected chi connectivity index (χ4v) is 4.32. The average molecular weight is 529 g/mol. The molecule has 8 heteroatoms. The second-order valence-corrected chi connectivity index (χ2v) is 9.24. The van der Waals surface area contributed by atoms with Crippen LogP contribution in [0.4, 0.5) is 0 Å². The first-order valence-electron chi connectivity index (χ1n) is 11.7. The van der Waals surface area contributed by atoms with E-state index in [4.69, 9.17) is 15.5 Å². The minimum Gasteiger partial charge on any atom is -0.383 e. The average Bonchev–Trinajstić information content (AvgIpc) is 2.85. The Bertz CT molecular complexity index is 1150. The number of fused-ring (bicyclic) bond motifs is 1. The highest BCUT2D eigenvalue weighted by molar-refractivity contribution is 9.10. The molecule has 0 bridgehead atoms. The van der Waals surface area contributed by atoms with E-state index in [1.54, 1.807) is 17.7 Å². The quantitative estimate of drug-likeness (QED) is 0.349. The normalized spacial score (nSPS) is 12.1. The number of halogens is 1. The zero-order valence-corrected chi connectivity index (χ0v) is 21.5. The van der Waals surface area contributed by atoms with E-state index < -0.39 is 6.04 Å². The molecule has 7 nitrogen and oxygen atoms in total. The van der Waals surface area contributed by atoms with Gasteiger partial charge in [-0.3, -0.25) is 14.2 Å². The lowest BCUT2D eigenvalue weighted by Crippen LogP contribution is -2.38. The van der Waals surface area contributed by atoms with Crippen molar-refractivity contribution in [1.82, 2.24) is 14.5 Å². The van der Waals surface area contributed by atoms with Crippen molar-refractivity contribution in [2.24, 2.45) is 5.73 Å². The number of ether oxygens (including phenoxy) is 1. The van der Waals surface area contributed by atoms with Gasteiger partial charge in [-0.15, -0.1) is 0 Å². The number of para-hydroxylation sites is 1. The van der Waals surface area contributed by atoms with E-state index in [9.17, 15) is 9.59 Å². The lowest BCUT2D eigenvalue weighted by molar-refractivity contribution is 0.0673. The Labute approximate surface area is 209 Å². The standard InChI is InChI=1S/C26H33BrN4O3/c1-19(24-29-23-10-6-5-9-22(23)26(33)31(24)17-18-34-2)30(16-8-4-3-7-15-28)25(32)20-11-13-21(27)14-12-20/h5-6,9-14,19H,3-4,7-8,15-18,28H2,1-2H3. The minimum absolute atomic E-state index is 0.0838. The Morgan fingerprint density at radius 1 is 1.12 bits per heavy atom. The van der Waals surface area contributed by atoms with Crippen LogP contribution < -0.4 is 11.3 Å². The van der Waals surface area contributed by atoms with Crippen LogP contribution in [0.2, 0.25) is 0 Å². The molecule has 0 aliphatic carbocycles. The highest BCUT2D eigenvalue weighted by Gasteiger charge is 2.27. The summed E-state index contributed by atoms with van der Waals surface area (Å²) >= 11 is 3.43. The van der Waals surface area contributed by atoms with Crippen molar-refractivity contribution in [3.05, 3.63) is 74.7 Å². The highest BCUT2D eigenvalue weighted by atomic mass is 79.9. The number of unbranched alkanes of at least 4 members (excludes halogenated alkanes) is 3. The van der Waals surface area contributed by atoms with E-state index in [0.29, 0.717) is 48.5 Å². The van der Waals surface area contributed by atoms with E-state index in [2.05, 4.69) is 15.9 Å². The molecule has 0 radical (unpaired) electrons. The predicted octanol–water partition coefficient (Wildman–Crippen LogP) is 4.53. The zero-order valence-electron chi connectivity index (χ0n) is 19.9. The number of methoxy groups -OCH3 is 1. The Morgan fingerprint density at radius 3 is 2.53 bits per heavy atom. The summed E-state index contributed by atoms with van der Waals surface area (Å²) in [6, 6.07) is 14.3. The largest absolute Gasteiger partial charge is 0.383 e. The third kappa shape index (κ3) is 6.31. The fraction of sp³-hybridized carbons (Fsp3) is 0.423. The third-order valence-electron chi connectivity index (χ3n) is 5.96. The van der Waals surface area contributed by atoms with E-state index in [-0.39, 0.29) is 11.5 Å². The van der Waals surface area contributed by atoms with E-state index >= 15 is 0 Å². The number of benzene rings is 2. The fourth-order valence-electron chi connectivity index (χ4n) is 4.05. The molecule has 1 aromatic heterocycles. The van der Waals surface area contributed by atoms with E-state index in [1.807, 2.05) is 54.3 Å². The number of carbonyl (C=O) groups is 1. The van der Waals surface area contributed by atoms with Crippen molar-refractivity contribution in [2.75, 3.05) is 26.8 Å². The molecule has 1 heterocycles. The van der Waals surface area contributed by atoms with Crippen LogP contribution in [0.1, 0.15) is 54.8 Å². The molecule has 0 aliphatic heterocycles. The van der Waals surface area contributed by atoms with Crippen molar-refractivity contribution in [1.29, 1.82) is 0 Å². The van der Waals surface area contributed by atoms with Crippen LogP contribution in [0.5, 0.6) is 0 Å². The molecule has 1 amide bonds. The van der Waals surface area contributed by atoms with Gasteiger partial charge in [0.15, 0.2) is 0 Å². The summed E-state index contributed by atoms with van der Waals surface area (Å²) in [4.78, 5) is 33.6. The van der Waals surface area contributed by atoms with Crippen molar-refractivity contribution in [3.63, 3.8) is 0 Å². The maximum Gasteiger partial charge on any atom is 0.261 e. The number of hydrogen-bond acceptors (Lipinski definition) is 5. The van der Waals surface area contributed by atoms with Crippen LogP contribution in [0.15, 0.2) is 57.8 Å². The molecule has 3 aromatic rings. The molecule has 3 rings (SSSR count). The van der Waals surface area contributed by atoms with Gasteiger partial charge in [0.05, 0.1) is 30.1 Å². The third-order valence-corrected chi connectivity index (χ3v) is 6.49. The summed E-state index contributed by atoms with van der Waals surface area (Å²) < 4.78 is 7.81. The summed E-state index contributed by atoms with van der Waals surface area (Å²) in [5, 5.41) is 0.558. The Balaban J connectivity index is 2.01. The van der Waals surface area contributed by atoms with Gasteiger partial charge in [-0.2, -0.15) is 0 Å². The molecule has 2 aromatic carbocycles. The van der Waals surface area contributed by atoms with Crippen LogP contribution in [0.3, 0.4) is 0 Å². The Hall–Kier alpha value is -2.55. The second kappa shape index (κ2) is 12.8. The molecule has 34 heavy (non-hydrogen) atoms. The van der Waals surface area contributed by atoms with Gasteiger partial charge in [0.2, 0.25) is 0 Å². The van der Waals surface area contributed by atoms with E-state index in [0.717, 1.165) is 30.2 Å². The number of aromatic nitrogens is 2. The number of hydrogen-bond donors (Lipinski definition) is 1. The van der Waals surface area contributed by atoms with Gasteiger partial charge in [0.25, 0.3) is 11.5 Å². The van der Waals surface area contributed by atoms with Gasteiger partial charge in [0.1, 0.15) is 5.82 Å². The Morgan fingerprint density at radius 2 is 1.82 bits per heavy atom. The predicted molar refractivity (Wildman–Crippen MR) is 139 cm³/mol. The number of nitrogens with zero attached hydrogens (tertiary/aromatic N) is 3. The topological polar surface area (TPSA) is 90.4 Å². The number of carbonyl (C=O) groups excluding carboxylic acids is 1. The molecule has 0 saturated heterocycles. The van der Waals surface area contributed by atoms with Crippen LogP contribution in [-0.2, 0) is 11.3 Å². The van der Waals surface area contributed by atoms with Crippen molar-refractivity contribution >= 4 is 32.7 Å². The molecule has 1 atom stereocenters. The summed E-state index contributed by atoms with van der Waals surface area (Å²) in [7, 11) is 1.60. The Kier molecular flexibility index (Phi) is 9.80. The number of nitrogens with two attached hydrogens (primary N) is 1. The first kappa shape index (κ1) is 26.1. The minimum atomic E-state index is -0.403. The molecule has 0 saturated carbocycles. The van der Waals surface area contributed by atoms with Crippen LogP contribution in [0.25, 0.3) is 10.9 Å². The molecule has 1 unspecified atom stereocenters. The highest BCUT2D eigenvalue weighted by Crippen LogP contribution is 2.24. The SMILES string of the molecule is COCCn1c(C(C)N(CCCCCCN)C(=O)c2ccc(Br)cc2)nc2ccccc2c1=O. The molecule has 0 fully saturated rings. The van der Waals surface area contributed by atoms with Gasteiger partial charge >= 0.3 is 0 Å². The number of amides is 1.